The fourth-order valence-corrected chi connectivity index (χ4v) is 1.96. The topological polar surface area (TPSA) is 29.1 Å². The molecule has 0 aromatic heterocycles. The molecule has 0 heterocycles. The number of hydrogen-bond donors (Lipinski definition) is 1. The number of carbonyl (C=O) groups is 1. The minimum absolute atomic E-state index is 0.0798. The summed E-state index contributed by atoms with van der Waals surface area (Å²) in [5, 5.41) is 2.65. The zero-order valence-electron chi connectivity index (χ0n) is 7.99. The van der Waals surface area contributed by atoms with Gasteiger partial charge in [0.05, 0.1) is 0 Å². The largest absolute Gasteiger partial charge is 0.333 e. The lowest BCUT2D eigenvalue weighted by atomic mass is 10.1. The third-order valence-corrected chi connectivity index (χ3v) is 2.67. The van der Waals surface area contributed by atoms with Crippen LogP contribution in [0.1, 0.15) is 11.1 Å². The summed E-state index contributed by atoms with van der Waals surface area (Å²) in [7, 11) is 0. The highest BCUT2D eigenvalue weighted by Crippen LogP contribution is 2.26. The van der Waals surface area contributed by atoms with Gasteiger partial charge in [-0.3, -0.25) is 4.79 Å². The van der Waals surface area contributed by atoms with Crippen molar-refractivity contribution in [3.63, 3.8) is 0 Å². The minimum atomic E-state index is 0.0798. The number of rotatable bonds is 2. The molecule has 0 unspecified atom stereocenters. The molecule has 0 bridgehead atoms. The van der Waals surface area contributed by atoms with Gasteiger partial charge in [-0.1, -0.05) is 30.8 Å². The molecular weight excluding hydrogens is 174 g/mol. The molecular formula is C12H13NO. The molecule has 1 aliphatic carbocycles. The average Bonchev–Trinajstić information content (AvgIpc) is 2.61. The van der Waals surface area contributed by atoms with Crippen molar-refractivity contribution in [3.05, 3.63) is 48.2 Å². The van der Waals surface area contributed by atoms with E-state index >= 15 is 0 Å². The maximum Gasteiger partial charge on any atom is 0.227 e. The third-order valence-electron chi connectivity index (χ3n) is 2.67. The van der Waals surface area contributed by atoms with Gasteiger partial charge in [-0.2, -0.15) is 0 Å². The Morgan fingerprint density at radius 1 is 1.36 bits per heavy atom. The monoisotopic (exact) mass is 187 g/mol. The van der Waals surface area contributed by atoms with E-state index in [0.29, 0.717) is 0 Å². The highest BCUT2D eigenvalue weighted by molar-refractivity contribution is 5.81. The van der Waals surface area contributed by atoms with Gasteiger partial charge < -0.3 is 5.32 Å². The predicted molar refractivity (Wildman–Crippen MR) is 55.7 cm³/mol. The van der Waals surface area contributed by atoms with Gasteiger partial charge in [0.2, 0.25) is 5.91 Å². The van der Waals surface area contributed by atoms with Gasteiger partial charge in [-0.05, 0) is 30.2 Å². The van der Waals surface area contributed by atoms with Crippen molar-refractivity contribution in [2.24, 2.45) is 5.92 Å². The van der Waals surface area contributed by atoms with Gasteiger partial charge in [0, 0.05) is 5.92 Å². The van der Waals surface area contributed by atoms with Crippen LogP contribution in [0.5, 0.6) is 0 Å². The van der Waals surface area contributed by atoms with E-state index in [9.17, 15) is 4.79 Å². The lowest BCUT2D eigenvalue weighted by Crippen LogP contribution is -2.26. The van der Waals surface area contributed by atoms with Crippen LogP contribution in [0.15, 0.2) is 37.0 Å². The Balaban J connectivity index is 2.11. The summed E-state index contributed by atoms with van der Waals surface area (Å²) in [5.41, 5.74) is 2.61. The quantitative estimate of drug-likeness (QED) is 0.749. The number of benzene rings is 1. The first-order valence-corrected chi connectivity index (χ1v) is 4.79. The number of carbonyl (C=O) groups excluding carboxylic acids is 1. The van der Waals surface area contributed by atoms with Gasteiger partial charge in [0.25, 0.3) is 0 Å². The van der Waals surface area contributed by atoms with Crippen LogP contribution in [0.25, 0.3) is 0 Å². The van der Waals surface area contributed by atoms with E-state index in [1.165, 1.54) is 17.3 Å². The van der Waals surface area contributed by atoms with Crippen LogP contribution in [0.3, 0.4) is 0 Å². The molecule has 0 atom stereocenters. The Bertz CT molecular complexity index is 345. The Labute approximate surface area is 83.6 Å². The molecule has 2 nitrogen and oxygen atoms in total. The van der Waals surface area contributed by atoms with Crippen molar-refractivity contribution in [2.75, 3.05) is 0 Å². The van der Waals surface area contributed by atoms with Crippen molar-refractivity contribution >= 4 is 5.91 Å². The molecule has 0 radical (unpaired) electrons. The zero-order chi connectivity index (χ0) is 9.97. The summed E-state index contributed by atoms with van der Waals surface area (Å²) in [6.07, 6.45) is 3.16. The normalized spacial score (nSPS) is 14.9. The summed E-state index contributed by atoms with van der Waals surface area (Å²) < 4.78 is 0. The molecule has 1 N–H and O–H groups in total. The minimum Gasteiger partial charge on any atom is -0.333 e. The van der Waals surface area contributed by atoms with Gasteiger partial charge >= 0.3 is 0 Å². The molecule has 14 heavy (non-hydrogen) atoms. The van der Waals surface area contributed by atoms with E-state index in [0.717, 1.165) is 12.8 Å². The average molecular weight is 187 g/mol. The third kappa shape index (κ3) is 1.55. The van der Waals surface area contributed by atoms with E-state index in [-0.39, 0.29) is 11.8 Å². The van der Waals surface area contributed by atoms with Crippen molar-refractivity contribution in [3.8, 4) is 0 Å². The standard InChI is InChI=1S/C12H13NO/c1-2-13-12(14)11-7-9-5-3-4-6-10(9)8-11/h2-6,11H,1,7-8H2,(H,13,14). The molecule has 0 aliphatic heterocycles. The lowest BCUT2D eigenvalue weighted by molar-refractivity contribution is -0.123. The second kappa shape index (κ2) is 3.66. The van der Waals surface area contributed by atoms with Crippen LogP contribution in [0.4, 0.5) is 0 Å². The number of amides is 1. The van der Waals surface area contributed by atoms with E-state index in [2.05, 4.69) is 24.0 Å². The fourth-order valence-electron chi connectivity index (χ4n) is 1.96. The second-order valence-electron chi connectivity index (χ2n) is 3.59. The maximum atomic E-state index is 11.5. The molecule has 1 aliphatic rings. The number of hydrogen-bond acceptors (Lipinski definition) is 1. The van der Waals surface area contributed by atoms with E-state index < -0.39 is 0 Å². The Morgan fingerprint density at radius 2 is 1.93 bits per heavy atom. The van der Waals surface area contributed by atoms with E-state index in [1.807, 2.05) is 12.1 Å². The van der Waals surface area contributed by atoms with E-state index in [1.54, 1.807) is 0 Å². The zero-order valence-corrected chi connectivity index (χ0v) is 7.99. The fraction of sp³-hybridized carbons (Fsp3) is 0.250. The molecule has 0 saturated heterocycles. The first-order chi connectivity index (χ1) is 6.81. The maximum absolute atomic E-state index is 11.5. The van der Waals surface area contributed by atoms with Gasteiger partial charge in [-0.15, -0.1) is 0 Å². The van der Waals surface area contributed by atoms with Gasteiger partial charge in [-0.25, -0.2) is 0 Å². The molecule has 0 spiro atoms. The first-order valence-electron chi connectivity index (χ1n) is 4.79. The summed E-state index contributed by atoms with van der Waals surface area (Å²) in [6, 6.07) is 8.23. The van der Waals surface area contributed by atoms with Gasteiger partial charge in [0.15, 0.2) is 0 Å². The second-order valence-corrected chi connectivity index (χ2v) is 3.59. The summed E-state index contributed by atoms with van der Waals surface area (Å²) in [5.74, 6) is 0.168. The highest BCUT2D eigenvalue weighted by Gasteiger charge is 2.26. The Hall–Kier alpha value is -1.57. The summed E-state index contributed by atoms with van der Waals surface area (Å²) in [4.78, 5) is 11.5. The Morgan fingerprint density at radius 3 is 2.43 bits per heavy atom. The van der Waals surface area contributed by atoms with Crippen LogP contribution in [-0.4, -0.2) is 5.91 Å². The summed E-state index contributed by atoms with van der Waals surface area (Å²) >= 11 is 0. The molecule has 0 saturated carbocycles. The van der Waals surface area contributed by atoms with Crippen molar-refractivity contribution in [1.82, 2.24) is 5.32 Å². The molecule has 1 amide bonds. The van der Waals surface area contributed by atoms with Gasteiger partial charge in [0.1, 0.15) is 0 Å². The van der Waals surface area contributed by atoms with Crippen molar-refractivity contribution in [1.29, 1.82) is 0 Å². The van der Waals surface area contributed by atoms with Crippen LogP contribution < -0.4 is 5.32 Å². The molecule has 72 valence electrons. The molecule has 1 aromatic rings. The highest BCUT2D eigenvalue weighted by atomic mass is 16.1. The molecule has 1 aromatic carbocycles. The predicted octanol–water partition coefficient (Wildman–Crippen LogP) is 1.66. The smallest absolute Gasteiger partial charge is 0.227 e. The lowest BCUT2D eigenvalue weighted by Gasteiger charge is -2.05. The van der Waals surface area contributed by atoms with Crippen molar-refractivity contribution < 1.29 is 4.79 Å². The van der Waals surface area contributed by atoms with Crippen LogP contribution in [0.2, 0.25) is 0 Å². The number of fused-ring (bicyclic) bond motifs is 1. The van der Waals surface area contributed by atoms with Crippen molar-refractivity contribution in [2.45, 2.75) is 12.8 Å². The molecule has 2 rings (SSSR count). The van der Waals surface area contributed by atoms with E-state index in [4.69, 9.17) is 0 Å². The SMILES string of the molecule is C=CNC(=O)C1Cc2ccccc2C1. The molecule has 0 fully saturated rings. The van der Waals surface area contributed by atoms with Crippen LogP contribution >= 0.6 is 0 Å². The Kier molecular flexibility index (Phi) is 2.35. The summed E-state index contributed by atoms with van der Waals surface area (Å²) in [6.45, 7) is 3.49. The number of nitrogens with one attached hydrogen (secondary N) is 1. The molecule has 2 heteroatoms. The van der Waals surface area contributed by atoms with Crippen LogP contribution in [-0.2, 0) is 17.6 Å². The first kappa shape index (κ1) is 9.00. The van der Waals surface area contributed by atoms with Crippen LogP contribution in [0, 0.1) is 5.92 Å².